The fraction of sp³-hybridized carbons (Fsp3) is 0.556. The quantitative estimate of drug-likeness (QED) is 0.858. The zero-order valence-corrected chi connectivity index (χ0v) is 15.1. The lowest BCUT2D eigenvalue weighted by Crippen LogP contribution is -2.50. The SMILES string of the molecule is Cc1cc(F)c(C(=O)N2CCC[C@@H](NC(=O)OC(C)(C)C)C2)cc1O. The summed E-state index contributed by atoms with van der Waals surface area (Å²) >= 11 is 0. The van der Waals surface area contributed by atoms with E-state index in [4.69, 9.17) is 4.74 Å². The summed E-state index contributed by atoms with van der Waals surface area (Å²) in [5, 5.41) is 12.5. The Morgan fingerprint density at radius 1 is 1.36 bits per heavy atom. The predicted octanol–water partition coefficient (Wildman–Crippen LogP) is 2.97. The third-order valence-corrected chi connectivity index (χ3v) is 3.95. The topological polar surface area (TPSA) is 78.9 Å². The number of piperidine rings is 1. The Balaban J connectivity index is 2.04. The largest absolute Gasteiger partial charge is 0.508 e. The lowest BCUT2D eigenvalue weighted by molar-refractivity contribution is 0.0451. The van der Waals surface area contributed by atoms with E-state index in [1.165, 1.54) is 4.90 Å². The molecule has 0 aromatic heterocycles. The molecule has 1 saturated heterocycles. The minimum Gasteiger partial charge on any atom is -0.508 e. The molecular weight excluding hydrogens is 327 g/mol. The van der Waals surface area contributed by atoms with Gasteiger partial charge in [-0.05, 0) is 58.2 Å². The van der Waals surface area contributed by atoms with Crippen LogP contribution in [0.25, 0.3) is 0 Å². The number of nitrogens with zero attached hydrogens (tertiary/aromatic N) is 1. The third kappa shape index (κ3) is 5.08. The average Bonchev–Trinajstić information content (AvgIpc) is 2.48. The number of rotatable bonds is 2. The van der Waals surface area contributed by atoms with Crippen molar-refractivity contribution in [1.82, 2.24) is 10.2 Å². The first kappa shape index (κ1) is 19.0. The smallest absolute Gasteiger partial charge is 0.407 e. The van der Waals surface area contributed by atoms with Crippen molar-refractivity contribution < 1.29 is 23.8 Å². The van der Waals surface area contributed by atoms with E-state index in [1.54, 1.807) is 27.7 Å². The molecule has 138 valence electrons. The van der Waals surface area contributed by atoms with E-state index in [0.717, 1.165) is 12.1 Å². The van der Waals surface area contributed by atoms with Gasteiger partial charge in [-0.1, -0.05) is 0 Å². The molecule has 0 aliphatic carbocycles. The van der Waals surface area contributed by atoms with Crippen LogP contribution in [-0.2, 0) is 4.74 Å². The number of aromatic hydroxyl groups is 1. The molecule has 1 fully saturated rings. The molecule has 7 heteroatoms. The van der Waals surface area contributed by atoms with Crippen LogP contribution in [0.5, 0.6) is 5.75 Å². The summed E-state index contributed by atoms with van der Waals surface area (Å²) in [6.07, 6.45) is 0.863. The lowest BCUT2D eigenvalue weighted by Gasteiger charge is -2.33. The van der Waals surface area contributed by atoms with E-state index in [-0.39, 0.29) is 23.9 Å². The Bertz CT molecular complexity index is 670. The first-order valence-electron chi connectivity index (χ1n) is 8.35. The number of ether oxygens (including phenoxy) is 1. The van der Waals surface area contributed by atoms with Gasteiger partial charge in [0.15, 0.2) is 0 Å². The van der Waals surface area contributed by atoms with Gasteiger partial charge < -0.3 is 20.1 Å². The van der Waals surface area contributed by atoms with Crippen LogP contribution in [0.1, 0.15) is 49.5 Å². The van der Waals surface area contributed by atoms with Gasteiger partial charge in [-0.25, -0.2) is 9.18 Å². The molecule has 1 aromatic carbocycles. The number of likely N-dealkylation sites (tertiary alicyclic amines) is 1. The number of phenols is 1. The molecule has 2 N–H and O–H groups in total. The molecule has 0 unspecified atom stereocenters. The van der Waals surface area contributed by atoms with Crippen LogP contribution in [0.3, 0.4) is 0 Å². The number of phenolic OH excluding ortho intramolecular Hbond substituents is 1. The number of amides is 2. The molecule has 2 amide bonds. The van der Waals surface area contributed by atoms with Crippen LogP contribution in [0.2, 0.25) is 0 Å². The van der Waals surface area contributed by atoms with Crippen molar-refractivity contribution in [2.45, 2.75) is 52.2 Å². The van der Waals surface area contributed by atoms with Crippen LogP contribution in [0.15, 0.2) is 12.1 Å². The summed E-state index contributed by atoms with van der Waals surface area (Å²) in [5.41, 5.74) is -0.394. The van der Waals surface area contributed by atoms with Gasteiger partial charge in [-0.3, -0.25) is 4.79 Å². The molecule has 0 radical (unpaired) electrons. The van der Waals surface area contributed by atoms with Crippen molar-refractivity contribution >= 4 is 12.0 Å². The van der Waals surface area contributed by atoms with Crippen molar-refractivity contribution in [3.8, 4) is 5.75 Å². The summed E-state index contributed by atoms with van der Waals surface area (Å²) in [6.45, 7) is 7.63. The Labute approximate surface area is 147 Å². The molecular formula is C18H25FN2O4. The first-order valence-corrected chi connectivity index (χ1v) is 8.35. The molecule has 1 aromatic rings. The van der Waals surface area contributed by atoms with Gasteiger partial charge in [-0.15, -0.1) is 0 Å². The number of hydrogen-bond donors (Lipinski definition) is 2. The number of alkyl carbamates (subject to hydrolysis) is 1. The molecule has 1 atom stereocenters. The van der Waals surface area contributed by atoms with Crippen LogP contribution >= 0.6 is 0 Å². The average molecular weight is 352 g/mol. The van der Waals surface area contributed by atoms with E-state index < -0.39 is 23.4 Å². The fourth-order valence-electron chi connectivity index (χ4n) is 2.75. The third-order valence-electron chi connectivity index (χ3n) is 3.95. The van der Waals surface area contributed by atoms with Crippen LogP contribution in [0, 0.1) is 12.7 Å². The van der Waals surface area contributed by atoms with Crippen LogP contribution in [0.4, 0.5) is 9.18 Å². The zero-order chi connectivity index (χ0) is 18.8. The zero-order valence-electron chi connectivity index (χ0n) is 15.1. The minimum atomic E-state index is -0.664. The number of aryl methyl sites for hydroxylation is 1. The number of carbonyl (C=O) groups excluding carboxylic acids is 2. The van der Waals surface area contributed by atoms with E-state index in [0.29, 0.717) is 24.9 Å². The molecule has 1 aliphatic heterocycles. The molecule has 25 heavy (non-hydrogen) atoms. The Hall–Kier alpha value is -2.31. The summed E-state index contributed by atoms with van der Waals surface area (Å²) in [7, 11) is 0. The highest BCUT2D eigenvalue weighted by Gasteiger charge is 2.28. The molecule has 0 saturated carbocycles. The highest BCUT2D eigenvalue weighted by atomic mass is 19.1. The van der Waals surface area contributed by atoms with Crippen molar-refractivity contribution in [2.24, 2.45) is 0 Å². The van der Waals surface area contributed by atoms with E-state index >= 15 is 0 Å². The van der Waals surface area contributed by atoms with Gasteiger partial charge in [0.25, 0.3) is 5.91 Å². The molecule has 1 aliphatic rings. The van der Waals surface area contributed by atoms with Crippen molar-refractivity contribution in [2.75, 3.05) is 13.1 Å². The van der Waals surface area contributed by atoms with Crippen molar-refractivity contribution in [3.05, 3.63) is 29.1 Å². The standard InChI is InChI=1S/C18H25FN2O4/c1-11-8-14(19)13(9-15(11)22)16(23)21-7-5-6-12(10-21)20-17(24)25-18(2,3)4/h8-9,12,22H,5-7,10H2,1-4H3,(H,20,24)/t12-/m1/s1. The van der Waals surface area contributed by atoms with Gasteiger partial charge in [0.05, 0.1) is 5.56 Å². The normalized spacial score (nSPS) is 18.0. The van der Waals surface area contributed by atoms with Crippen LogP contribution < -0.4 is 5.32 Å². The second-order valence-electron chi connectivity index (χ2n) is 7.36. The van der Waals surface area contributed by atoms with Crippen LogP contribution in [-0.4, -0.2) is 46.7 Å². The Morgan fingerprint density at radius 2 is 2.04 bits per heavy atom. The molecule has 0 bridgehead atoms. The van der Waals surface area contributed by atoms with Gasteiger partial charge >= 0.3 is 6.09 Å². The van der Waals surface area contributed by atoms with E-state index in [2.05, 4.69) is 5.32 Å². The number of carbonyl (C=O) groups is 2. The maximum absolute atomic E-state index is 14.1. The predicted molar refractivity (Wildman–Crippen MR) is 91.1 cm³/mol. The maximum Gasteiger partial charge on any atom is 0.407 e. The number of benzene rings is 1. The summed E-state index contributed by atoms with van der Waals surface area (Å²) < 4.78 is 19.3. The second kappa shape index (κ2) is 7.29. The monoisotopic (exact) mass is 352 g/mol. The van der Waals surface area contributed by atoms with Gasteiger partial charge in [0.2, 0.25) is 0 Å². The summed E-state index contributed by atoms with van der Waals surface area (Å²) in [6, 6.07) is 2.04. The van der Waals surface area contributed by atoms with Crippen molar-refractivity contribution in [3.63, 3.8) is 0 Å². The molecule has 1 heterocycles. The van der Waals surface area contributed by atoms with Gasteiger partial charge in [0.1, 0.15) is 17.2 Å². The highest BCUT2D eigenvalue weighted by Crippen LogP contribution is 2.23. The first-order chi connectivity index (χ1) is 11.6. The van der Waals surface area contributed by atoms with Gasteiger partial charge in [-0.2, -0.15) is 0 Å². The molecule has 0 spiro atoms. The molecule has 2 rings (SSSR count). The van der Waals surface area contributed by atoms with Gasteiger partial charge in [0, 0.05) is 19.1 Å². The second-order valence-corrected chi connectivity index (χ2v) is 7.36. The number of nitrogens with one attached hydrogen (secondary N) is 1. The minimum absolute atomic E-state index is 0.120. The molecule has 6 nitrogen and oxygen atoms in total. The maximum atomic E-state index is 14.1. The number of halogens is 1. The Kier molecular flexibility index (Phi) is 5.55. The lowest BCUT2D eigenvalue weighted by atomic mass is 10.0. The van der Waals surface area contributed by atoms with E-state index in [9.17, 15) is 19.1 Å². The highest BCUT2D eigenvalue weighted by molar-refractivity contribution is 5.95. The summed E-state index contributed by atoms with van der Waals surface area (Å²) in [4.78, 5) is 25.9. The Morgan fingerprint density at radius 3 is 2.68 bits per heavy atom. The summed E-state index contributed by atoms with van der Waals surface area (Å²) in [5.74, 6) is -1.28. The van der Waals surface area contributed by atoms with E-state index in [1.807, 2.05) is 0 Å². The van der Waals surface area contributed by atoms with Crippen molar-refractivity contribution in [1.29, 1.82) is 0 Å². The number of hydrogen-bond acceptors (Lipinski definition) is 4. The fourth-order valence-corrected chi connectivity index (χ4v) is 2.75.